The van der Waals surface area contributed by atoms with Gasteiger partial charge < -0.3 is 15.4 Å². The van der Waals surface area contributed by atoms with Crippen molar-refractivity contribution in [1.29, 1.82) is 0 Å². The van der Waals surface area contributed by atoms with Crippen molar-refractivity contribution in [1.82, 2.24) is 4.90 Å². The average Bonchev–Trinajstić information content (AvgIpc) is 2.28. The molecule has 100 valence electrons. The highest BCUT2D eigenvalue weighted by atomic mass is 16.5. The Morgan fingerprint density at radius 3 is 2.41 bits per heavy atom. The molecule has 1 rings (SSSR count). The van der Waals surface area contributed by atoms with E-state index >= 15 is 0 Å². The normalized spacial score (nSPS) is 18.5. The number of nitrogens with two attached hydrogens (primary N) is 1. The molecule has 0 aromatic heterocycles. The lowest BCUT2D eigenvalue weighted by Gasteiger charge is -2.35. The Hall–Kier alpha value is -0.610. The van der Waals surface area contributed by atoms with Crippen LogP contribution >= 0.6 is 0 Å². The van der Waals surface area contributed by atoms with Gasteiger partial charge >= 0.3 is 0 Å². The zero-order valence-corrected chi connectivity index (χ0v) is 11.4. The highest BCUT2D eigenvalue weighted by molar-refractivity contribution is 5.81. The number of hydrogen-bond acceptors (Lipinski definition) is 3. The SMILES string of the molecule is CC(C)(C)C(=O)N1CCC(OCCCN)CC1. The summed E-state index contributed by atoms with van der Waals surface area (Å²) < 4.78 is 5.72. The number of hydrogen-bond donors (Lipinski definition) is 1. The second-order valence-electron chi connectivity index (χ2n) is 5.75. The molecule has 1 aliphatic rings. The molecular formula is C13H26N2O2. The first-order chi connectivity index (χ1) is 7.95. The van der Waals surface area contributed by atoms with Crippen LogP contribution in [0.1, 0.15) is 40.0 Å². The molecule has 0 aromatic carbocycles. The van der Waals surface area contributed by atoms with E-state index in [1.807, 2.05) is 25.7 Å². The van der Waals surface area contributed by atoms with Crippen LogP contribution in [-0.2, 0) is 9.53 Å². The van der Waals surface area contributed by atoms with Gasteiger partial charge in [0.1, 0.15) is 0 Å². The maximum Gasteiger partial charge on any atom is 0.227 e. The molecule has 1 fully saturated rings. The summed E-state index contributed by atoms with van der Waals surface area (Å²) in [5.74, 6) is 0.248. The highest BCUT2D eigenvalue weighted by Gasteiger charge is 2.30. The third-order valence-electron chi connectivity index (χ3n) is 3.07. The maximum atomic E-state index is 12.1. The average molecular weight is 242 g/mol. The number of nitrogens with zero attached hydrogens (tertiary/aromatic N) is 1. The van der Waals surface area contributed by atoms with Crippen LogP contribution in [0.15, 0.2) is 0 Å². The molecule has 0 aliphatic carbocycles. The predicted octanol–water partition coefficient (Wildman–Crippen LogP) is 1.39. The monoisotopic (exact) mass is 242 g/mol. The summed E-state index contributed by atoms with van der Waals surface area (Å²) in [6.07, 6.45) is 3.13. The van der Waals surface area contributed by atoms with Gasteiger partial charge in [-0.05, 0) is 25.8 Å². The van der Waals surface area contributed by atoms with Gasteiger partial charge in [0, 0.05) is 25.1 Å². The molecule has 1 amide bonds. The topological polar surface area (TPSA) is 55.6 Å². The van der Waals surface area contributed by atoms with E-state index in [0.717, 1.165) is 39.0 Å². The van der Waals surface area contributed by atoms with Gasteiger partial charge in [-0.1, -0.05) is 20.8 Å². The van der Waals surface area contributed by atoms with Crippen LogP contribution in [0.5, 0.6) is 0 Å². The molecular weight excluding hydrogens is 216 g/mol. The van der Waals surface area contributed by atoms with E-state index in [9.17, 15) is 4.79 Å². The number of rotatable bonds is 4. The van der Waals surface area contributed by atoms with Gasteiger partial charge in [0.05, 0.1) is 6.10 Å². The number of carbonyl (C=O) groups excluding carboxylic acids is 1. The molecule has 0 aromatic rings. The van der Waals surface area contributed by atoms with Gasteiger partial charge in [0.2, 0.25) is 5.91 Å². The smallest absolute Gasteiger partial charge is 0.227 e. The molecule has 1 heterocycles. The first kappa shape index (κ1) is 14.5. The van der Waals surface area contributed by atoms with E-state index in [1.165, 1.54) is 0 Å². The van der Waals surface area contributed by atoms with Crippen molar-refractivity contribution in [3.05, 3.63) is 0 Å². The minimum absolute atomic E-state index is 0.248. The number of ether oxygens (including phenoxy) is 1. The summed E-state index contributed by atoms with van der Waals surface area (Å²) in [6.45, 7) is 8.99. The third-order valence-corrected chi connectivity index (χ3v) is 3.07. The van der Waals surface area contributed by atoms with E-state index in [-0.39, 0.29) is 11.3 Å². The fourth-order valence-corrected chi connectivity index (χ4v) is 2.03. The van der Waals surface area contributed by atoms with E-state index < -0.39 is 0 Å². The fraction of sp³-hybridized carbons (Fsp3) is 0.923. The van der Waals surface area contributed by atoms with Crippen LogP contribution in [0.2, 0.25) is 0 Å². The maximum absolute atomic E-state index is 12.1. The van der Waals surface area contributed by atoms with E-state index in [0.29, 0.717) is 12.6 Å². The molecule has 1 aliphatic heterocycles. The lowest BCUT2D eigenvalue weighted by Crippen LogP contribution is -2.45. The van der Waals surface area contributed by atoms with Crippen molar-refractivity contribution in [2.75, 3.05) is 26.2 Å². The number of likely N-dealkylation sites (tertiary alicyclic amines) is 1. The van der Waals surface area contributed by atoms with Crippen LogP contribution in [0.25, 0.3) is 0 Å². The molecule has 0 unspecified atom stereocenters. The standard InChI is InChI=1S/C13H26N2O2/c1-13(2,3)12(16)15-8-5-11(6-9-15)17-10-4-7-14/h11H,4-10,14H2,1-3H3. The van der Waals surface area contributed by atoms with E-state index in [2.05, 4.69) is 0 Å². The molecule has 0 saturated carbocycles. The lowest BCUT2D eigenvalue weighted by atomic mass is 9.93. The lowest BCUT2D eigenvalue weighted by molar-refractivity contribution is -0.142. The summed E-state index contributed by atoms with van der Waals surface area (Å²) >= 11 is 0. The van der Waals surface area contributed by atoms with Crippen LogP contribution < -0.4 is 5.73 Å². The number of carbonyl (C=O) groups is 1. The molecule has 17 heavy (non-hydrogen) atoms. The molecule has 0 atom stereocenters. The molecule has 0 radical (unpaired) electrons. The van der Waals surface area contributed by atoms with Crippen LogP contribution in [0.3, 0.4) is 0 Å². The molecule has 4 nitrogen and oxygen atoms in total. The Balaban J connectivity index is 2.28. The number of amides is 1. The van der Waals surface area contributed by atoms with Crippen molar-refractivity contribution in [3.8, 4) is 0 Å². The van der Waals surface area contributed by atoms with Gasteiger partial charge in [-0.2, -0.15) is 0 Å². The summed E-state index contributed by atoms with van der Waals surface area (Å²) in [4.78, 5) is 14.0. The van der Waals surface area contributed by atoms with E-state index in [4.69, 9.17) is 10.5 Å². The van der Waals surface area contributed by atoms with Gasteiger partial charge in [0.15, 0.2) is 0 Å². The number of piperidine rings is 1. The second-order valence-corrected chi connectivity index (χ2v) is 5.75. The Morgan fingerprint density at radius 2 is 1.94 bits per heavy atom. The van der Waals surface area contributed by atoms with Crippen LogP contribution in [0.4, 0.5) is 0 Å². The van der Waals surface area contributed by atoms with Gasteiger partial charge in [-0.15, -0.1) is 0 Å². The molecule has 2 N–H and O–H groups in total. The summed E-state index contributed by atoms with van der Waals surface area (Å²) in [5.41, 5.74) is 5.15. The van der Waals surface area contributed by atoms with Gasteiger partial charge in [0.25, 0.3) is 0 Å². The van der Waals surface area contributed by atoms with Crippen LogP contribution in [0, 0.1) is 5.41 Å². The molecule has 4 heteroatoms. The quantitative estimate of drug-likeness (QED) is 0.758. The summed E-state index contributed by atoms with van der Waals surface area (Å²) in [5, 5.41) is 0. The zero-order valence-electron chi connectivity index (χ0n) is 11.4. The summed E-state index contributed by atoms with van der Waals surface area (Å²) in [6, 6.07) is 0. The molecule has 0 bridgehead atoms. The minimum Gasteiger partial charge on any atom is -0.378 e. The Labute approximate surface area is 104 Å². The first-order valence-electron chi connectivity index (χ1n) is 6.56. The predicted molar refractivity (Wildman–Crippen MR) is 68.7 cm³/mol. The largest absolute Gasteiger partial charge is 0.378 e. The van der Waals surface area contributed by atoms with E-state index in [1.54, 1.807) is 0 Å². The van der Waals surface area contributed by atoms with Crippen molar-refractivity contribution in [2.45, 2.75) is 46.1 Å². The third kappa shape index (κ3) is 4.64. The van der Waals surface area contributed by atoms with Gasteiger partial charge in [-0.25, -0.2) is 0 Å². The Kier molecular flexibility index (Phi) is 5.40. The second kappa shape index (κ2) is 6.36. The van der Waals surface area contributed by atoms with Crippen molar-refractivity contribution < 1.29 is 9.53 Å². The van der Waals surface area contributed by atoms with Crippen molar-refractivity contribution in [2.24, 2.45) is 11.1 Å². The van der Waals surface area contributed by atoms with Gasteiger partial charge in [-0.3, -0.25) is 4.79 Å². The van der Waals surface area contributed by atoms with Crippen molar-refractivity contribution >= 4 is 5.91 Å². The first-order valence-corrected chi connectivity index (χ1v) is 6.56. The highest BCUT2D eigenvalue weighted by Crippen LogP contribution is 2.21. The molecule has 0 spiro atoms. The zero-order chi connectivity index (χ0) is 12.9. The van der Waals surface area contributed by atoms with Crippen molar-refractivity contribution in [3.63, 3.8) is 0 Å². The fourth-order valence-electron chi connectivity index (χ4n) is 2.03. The Morgan fingerprint density at radius 1 is 1.35 bits per heavy atom. The summed E-state index contributed by atoms with van der Waals surface area (Å²) in [7, 11) is 0. The van der Waals surface area contributed by atoms with Crippen LogP contribution in [-0.4, -0.2) is 43.2 Å². The Bertz CT molecular complexity index is 240. The minimum atomic E-state index is -0.271. The molecule has 1 saturated heterocycles.